The van der Waals surface area contributed by atoms with Crippen molar-refractivity contribution in [3.8, 4) is 0 Å². The quantitative estimate of drug-likeness (QED) is 0.182. The Hall–Kier alpha value is -4.80. The molecule has 0 fully saturated rings. The second kappa shape index (κ2) is 16.5. The summed E-state index contributed by atoms with van der Waals surface area (Å²) in [4.78, 5) is 51.8. The number of halogens is 4. The van der Waals surface area contributed by atoms with Crippen molar-refractivity contribution in [2.45, 2.75) is 25.9 Å². The van der Waals surface area contributed by atoms with Crippen LogP contribution in [0.15, 0.2) is 97.1 Å². The van der Waals surface area contributed by atoms with Gasteiger partial charge in [0.15, 0.2) is 0 Å². The molecule has 0 spiro atoms. The maximum atomic E-state index is 13.4. The number of amides is 2. The topological polar surface area (TPSA) is 93.2 Å². The van der Waals surface area contributed by atoms with Gasteiger partial charge in [-0.1, -0.05) is 59.6 Å². The van der Waals surface area contributed by atoms with E-state index in [4.69, 9.17) is 32.7 Å². The molecule has 4 aromatic carbocycles. The highest BCUT2D eigenvalue weighted by Crippen LogP contribution is 2.27. The summed E-state index contributed by atoms with van der Waals surface area (Å²) in [5.41, 5.74) is 1.40. The van der Waals surface area contributed by atoms with Gasteiger partial charge in [-0.25, -0.2) is 18.4 Å². The zero-order valence-corrected chi connectivity index (χ0v) is 26.8. The highest BCUT2D eigenvalue weighted by molar-refractivity contribution is 6.31. The van der Waals surface area contributed by atoms with E-state index in [9.17, 15) is 28.0 Å². The number of anilines is 2. The summed E-state index contributed by atoms with van der Waals surface area (Å²) in [7, 11) is 2.48. The molecule has 0 aliphatic heterocycles. The minimum absolute atomic E-state index is 0.134. The Balaban J connectivity index is 0.000000250. The molecule has 0 heterocycles. The lowest BCUT2D eigenvalue weighted by atomic mass is 10.1. The average Bonchev–Trinajstić information content (AvgIpc) is 3.08. The lowest BCUT2D eigenvalue weighted by molar-refractivity contribution is -0.142. The smallest absolute Gasteiger partial charge is 0.328 e. The van der Waals surface area contributed by atoms with E-state index in [1.807, 2.05) is 0 Å². The van der Waals surface area contributed by atoms with Gasteiger partial charge in [0.1, 0.15) is 23.7 Å². The standard InChI is InChI=1S/2C17H15ClFNO3/c2*1-11(17(22)23-2)20(13-8-9-15(19)14(18)10-13)16(21)12-6-4-3-5-7-12/h2*3-11H,1-2H3. The molecule has 4 aromatic rings. The SMILES string of the molecule is COC(=O)C(C)N(C(=O)c1ccccc1)c1ccc(F)c(Cl)c1.COC(=O)C(C)N(C(=O)c1ccccc1)c1ccc(F)c(Cl)c1. The summed E-state index contributed by atoms with van der Waals surface area (Å²) >= 11 is 11.6. The average molecular weight is 672 g/mol. The first-order valence-electron chi connectivity index (χ1n) is 13.7. The van der Waals surface area contributed by atoms with Crippen LogP contribution >= 0.6 is 23.2 Å². The van der Waals surface area contributed by atoms with Crippen LogP contribution in [0.1, 0.15) is 34.6 Å². The molecule has 0 aliphatic carbocycles. The highest BCUT2D eigenvalue weighted by atomic mass is 35.5. The molecule has 0 bridgehead atoms. The van der Waals surface area contributed by atoms with Crippen LogP contribution in [-0.4, -0.2) is 50.1 Å². The van der Waals surface area contributed by atoms with Gasteiger partial charge in [-0.15, -0.1) is 0 Å². The summed E-state index contributed by atoms with van der Waals surface area (Å²) in [6, 6.07) is 22.8. The van der Waals surface area contributed by atoms with Crippen LogP contribution in [-0.2, 0) is 19.1 Å². The van der Waals surface area contributed by atoms with Crippen LogP contribution in [0.5, 0.6) is 0 Å². The predicted molar refractivity (Wildman–Crippen MR) is 172 cm³/mol. The van der Waals surface area contributed by atoms with E-state index in [0.29, 0.717) is 22.5 Å². The number of ether oxygens (including phenoxy) is 2. The third-order valence-corrected chi connectivity index (χ3v) is 7.28. The van der Waals surface area contributed by atoms with Crippen molar-refractivity contribution in [1.29, 1.82) is 0 Å². The number of carbonyl (C=O) groups excluding carboxylic acids is 4. The largest absolute Gasteiger partial charge is 0.467 e. The van der Waals surface area contributed by atoms with Crippen LogP contribution in [0.4, 0.5) is 20.2 Å². The molecule has 0 aliphatic rings. The van der Waals surface area contributed by atoms with Crippen LogP contribution < -0.4 is 9.80 Å². The summed E-state index contributed by atoms with van der Waals surface area (Å²) in [5.74, 6) is -3.21. The fourth-order valence-electron chi connectivity index (χ4n) is 4.29. The van der Waals surface area contributed by atoms with Gasteiger partial charge < -0.3 is 9.47 Å². The molecule has 46 heavy (non-hydrogen) atoms. The van der Waals surface area contributed by atoms with Crippen molar-refractivity contribution in [3.05, 3.63) is 130 Å². The van der Waals surface area contributed by atoms with Crippen LogP contribution in [0.3, 0.4) is 0 Å². The fraction of sp³-hybridized carbons (Fsp3) is 0.176. The number of benzene rings is 4. The van der Waals surface area contributed by atoms with Gasteiger partial charge in [0.2, 0.25) is 0 Å². The van der Waals surface area contributed by atoms with Gasteiger partial charge in [-0.3, -0.25) is 19.4 Å². The van der Waals surface area contributed by atoms with Crippen molar-refractivity contribution in [2.75, 3.05) is 24.0 Å². The molecular formula is C34H30Cl2F2N2O6. The molecule has 2 unspecified atom stereocenters. The zero-order chi connectivity index (χ0) is 34.0. The first-order valence-corrected chi connectivity index (χ1v) is 14.5. The molecule has 0 radical (unpaired) electrons. The van der Waals surface area contributed by atoms with Gasteiger partial charge in [0.25, 0.3) is 11.8 Å². The van der Waals surface area contributed by atoms with Crippen molar-refractivity contribution in [1.82, 2.24) is 0 Å². The maximum Gasteiger partial charge on any atom is 0.328 e. The molecule has 4 rings (SSSR count). The maximum absolute atomic E-state index is 13.4. The Bertz CT molecular complexity index is 1570. The van der Waals surface area contributed by atoms with E-state index < -0.39 is 47.5 Å². The first kappa shape index (κ1) is 35.7. The third kappa shape index (κ3) is 8.68. The number of methoxy groups -OCH3 is 2. The lowest BCUT2D eigenvalue weighted by Crippen LogP contribution is -2.44. The second-order valence-electron chi connectivity index (χ2n) is 9.68. The first-order chi connectivity index (χ1) is 21.9. The molecule has 0 aromatic heterocycles. The minimum Gasteiger partial charge on any atom is -0.467 e. The van der Waals surface area contributed by atoms with Gasteiger partial charge in [-0.2, -0.15) is 0 Å². The number of nitrogens with zero attached hydrogens (tertiary/aromatic N) is 2. The van der Waals surface area contributed by atoms with Gasteiger partial charge in [0.05, 0.1) is 24.3 Å². The van der Waals surface area contributed by atoms with Crippen LogP contribution in [0.25, 0.3) is 0 Å². The Morgan fingerprint density at radius 3 is 1.20 bits per heavy atom. The summed E-state index contributed by atoms with van der Waals surface area (Å²) in [6.07, 6.45) is 0. The van der Waals surface area contributed by atoms with Gasteiger partial charge >= 0.3 is 11.9 Å². The molecular weight excluding hydrogens is 641 g/mol. The summed E-state index contributed by atoms with van der Waals surface area (Å²) < 4.78 is 36.2. The Morgan fingerprint density at radius 1 is 0.587 bits per heavy atom. The monoisotopic (exact) mass is 670 g/mol. The number of esters is 2. The van der Waals surface area contributed by atoms with Crippen molar-refractivity contribution < 1.29 is 37.4 Å². The molecule has 2 amide bonds. The third-order valence-electron chi connectivity index (χ3n) is 6.70. The highest BCUT2D eigenvalue weighted by Gasteiger charge is 2.30. The van der Waals surface area contributed by atoms with E-state index in [-0.39, 0.29) is 10.0 Å². The van der Waals surface area contributed by atoms with E-state index >= 15 is 0 Å². The fourth-order valence-corrected chi connectivity index (χ4v) is 4.64. The normalized spacial score (nSPS) is 11.7. The van der Waals surface area contributed by atoms with E-state index in [1.54, 1.807) is 60.7 Å². The van der Waals surface area contributed by atoms with Gasteiger partial charge in [0, 0.05) is 22.5 Å². The molecule has 0 saturated carbocycles. The molecule has 0 saturated heterocycles. The van der Waals surface area contributed by atoms with E-state index in [2.05, 4.69) is 0 Å². The lowest BCUT2D eigenvalue weighted by Gasteiger charge is -2.28. The summed E-state index contributed by atoms with van der Waals surface area (Å²) in [5, 5.41) is -0.268. The predicted octanol–water partition coefficient (Wildman–Crippen LogP) is 7.37. The van der Waals surface area contributed by atoms with E-state index in [0.717, 1.165) is 12.1 Å². The summed E-state index contributed by atoms with van der Waals surface area (Å²) in [6.45, 7) is 3.06. The molecule has 0 N–H and O–H groups in total. The minimum atomic E-state index is -0.894. The van der Waals surface area contributed by atoms with E-state index in [1.165, 1.54) is 62.1 Å². The van der Waals surface area contributed by atoms with Crippen LogP contribution in [0.2, 0.25) is 10.0 Å². The number of hydrogen-bond acceptors (Lipinski definition) is 6. The zero-order valence-electron chi connectivity index (χ0n) is 25.2. The van der Waals surface area contributed by atoms with Crippen molar-refractivity contribution in [2.24, 2.45) is 0 Å². The molecule has 240 valence electrons. The van der Waals surface area contributed by atoms with Gasteiger partial charge in [-0.05, 0) is 74.5 Å². The molecule has 2 atom stereocenters. The Labute approximate surface area is 275 Å². The Morgan fingerprint density at radius 2 is 0.913 bits per heavy atom. The Kier molecular flexibility index (Phi) is 12.8. The molecule has 12 heteroatoms. The molecule has 8 nitrogen and oxygen atoms in total. The van der Waals surface area contributed by atoms with Crippen LogP contribution in [0, 0.1) is 11.6 Å². The van der Waals surface area contributed by atoms with Crippen molar-refractivity contribution in [3.63, 3.8) is 0 Å². The number of carbonyl (C=O) groups is 4. The van der Waals surface area contributed by atoms with Crippen molar-refractivity contribution >= 4 is 58.3 Å². The number of hydrogen-bond donors (Lipinski definition) is 0. The number of rotatable bonds is 8. The second-order valence-corrected chi connectivity index (χ2v) is 10.5.